The van der Waals surface area contributed by atoms with E-state index in [2.05, 4.69) is 20.6 Å². The molecule has 1 heterocycles. The molecule has 0 saturated carbocycles. The third-order valence-electron chi connectivity index (χ3n) is 4.10. The first kappa shape index (κ1) is 25.5. The molecule has 0 atom stereocenters. The van der Waals surface area contributed by atoms with Crippen molar-refractivity contribution in [3.05, 3.63) is 72.1 Å². The molecule has 172 valence electrons. The molecule has 2 aromatic carbocycles. The highest BCUT2D eigenvalue weighted by atomic mass is 127. The highest BCUT2D eigenvalue weighted by Crippen LogP contribution is 2.19. The molecular weight excluding hydrogens is 536 g/mol. The predicted octanol–water partition coefficient (Wildman–Crippen LogP) is 5.16. The van der Waals surface area contributed by atoms with E-state index in [0.29, 0.717) is 31.5 Å². The van der Waals surface area contributed by atoms with E-state index in [1.54, 1.807) is 18.4 Å². The lowest BCUT2D eigenvalue weighted by Gasteiger charge is -2.11. The first-order valence-electron chi connectivity index (χ1n) is 9.73. The van der Waals surface area contributed by atoms with E-state index in [0.717, 1.165) is 16.8 Å². The second-order valence-electron chi connectivity index (χ2n) is 6.61. The molecule has 2 N–H and O–H groups in total. The van der Waals surface area contributed by atoms with Gasteiger partial charge in [0.25, 0.3) is 0 Å². The zero-order valence-corrected chi connectivity index (χ0v) is 19.7. The van der Waals surface area contributed by atoms with Gasteiger partial charge < -0.3 is 19.8 Å². The molecule has 1 aromatic heterocycles. The van der Waals surface area contributed by atoms with Crippen LogP contribution in [0.5, 0.6) is 5.75 Å². The number of aliphatic imine (C=N–C) groups is 1. The van der Waals surface area contributed by atoms with Crippen LogP contribution >= 0.6 is 24.0 Å². The van der Waals surface area contributed by atoms with E-state index in [-0.39, 0.29) is 29.7 Å². The zero-order chi connectivity index (χ0) is 22.1. The van der Waals surface area contributed by atoms with Gasteiger partial charge in [0, 0.05) is 12.1 Å². The van der Waals surface area contributed by atoms with Crippen LogP contribution in [0.15, 0.2) is 70.3 Å². The SMILES string of the molecule is CCNC(=NCc1ccc(OCC(F)(F)F)cc1)NCc1coc(-c2ccccc2)n1.I. The number of hydrogen-bond acceptors (Lipinski definition) is 4. The van der Waals surface area contributed by atoms with Gasteiger partial charge in [0.15, 0.2) is 12.6 Å². The van der Waals surface area contributed by atoms with Crippen molar-refractivity contribution >= 4 is 29.9 Å². The number of aromatic nitrogens is 1. The van der Waals surface area contributed by atoms with Gasteiger partial charge in [-0.15, -0.1) is 24.0 Å². The Balaban J connectivity index is 0.00000363. The Morgan fingerprint density at radius 3 is 2.44 bits per heavy atom. The van der Waals surface area contributed by atoms with Gasteiger partial charge in [-0.3, -0.25) is 0 Å². The molecule has 0 radical (unpaired) electrons. The first-order chi connectivity index (χ1) is 14.9. The van der Waals surface area contributed by atoms with Crippen LogP contribution in [0.4, 0.5) is 13.2 Å². The van der Waals surface area contributed by atoms with Crippen molar-refractivity contribution in [1.29, 1.82) is 0 Å². The van der Waals surface area contributed by atoms with E-state index in [4.69, 9.17) is 9.15 Å². The van der Waals surface area contributed by atoms with Crippen LogP contribution in [0.2, 0.25) is 0 Å². The second kappa shape index (κ2) is 12.3. The minimum atomic E-state index is -4.36. The number of oxazole rings is 1. The molecule has 0 fully saturated rings. The van der Waals surface area contributed by atoms with Crippen molar-refractivity contribution in [2.45, 2.75) is 26.2 Å². The normalized spacial score (nSPS) is 11.6. The fourth-order valence-corrected chi connectivity index (χ4v) is 2.64. The molecule has 10 heteroatoms. The zero-order valence-electron chi connectivity index (χ0n) is 17.4. The predicted molar refractivity (Wildman–Crippen MR) is 127 cm³/mol. The summed E-state index contributed by atoms with van der Waals surface area (Å²) >= 11 is 0. The number of ether oxygens (including phenoxy) is 1. The Kier molecular flexibility index (Phi) is 9.82. The van der Waals surface area contributed by atoms with Crippen LogP contribution in [0.25, 0.3) is 11.5 Å². The summed E-state index contributed by atoms with van der Waals surface area (Å²) < 4.78 is 46.9. The smallest absolute Gasteiger partial charge is 0.422 e. The van der Waals surface area contributed by atoms with E-state index in [9.17, 15) is 13.2 Å². The van der Waals surface area contributed by atoms with Gasteiger partial charge in [0.1, 0.15) is 12.0 Å². The molecule has 3 rings (SSSR count). The summed E-state index contributed by atoms with van der Waals surface area (Å²) in [4.78, 5) is 8.96. The molecule has 0 amide bonds. The topological polar surface area (TPSA) is 71.7 Å². The van der Waals surface area contributed by atoms with Gasteiger partial charge in [-0.05, 0) is 36.8 Å². The van der Waals surface area contributed by atoms with Gasteiger partial charge in [-0.2, -0.15) is 13.2 Å². The van der Waals surface area contributed by atoms with Gasteiger partial charge in [-0.25, -0.2) is 9.98 Å². The monoisotopic (exact) mass is 560 g/mol. The first-order valence-corrected chi connectivity index (χ1v) is 9.73. The number of alkyl halides is 3. The Labute approximate surface area is 201 Å². The van der Waals surface area contributed by atoms with E-state index >= 15 is 0 Å². The highest BCUT2D eigenvalue weighted by molar-refractivity contribution is 14.0. The van der Waals surface area contributed by atoms with Crippen molar-refractivity contribution < 1.29 is 22.3 Å². The molecule has 0 unspecified atom stereocenters. The van der Waals surface area contributed by atoms with Crippen LogP contribution in [-0.2, 0) is 13.1 Å². The summed E-state index contributed by atoms with van der Waals surface area (Å²) in [6.07, 6.45) is -2.76. The lowest BCUT2D eigenvalue weighted by atomic mass is 10.2. The maximum Gasteiger partial charge on any atom is 0.422 e. The minimum absolute atomic E-state index is 0. The second-order valence-corrected chi connectivity index (χ2v) is 6.61. The maximum atomic E-state index is 12.2. The number of nitrogens with zero attached hydrogens (tertiary/aromatic N) is 2. The fraction of sp³-hybridized carbons (Fsp3) is 0.273. The quantitative estimate of drug-likeness (QED) is 0.227. The van der Waals surface area contributed by atoms with Crippen molar-refractivity contribution in [2.24, 2.45) is 4.99 Å². The van der Waals surface area contributed by atoms with Crippen LogP contribution in [0.1, 0.15) is 18.2 Å². The lowest BCUT2D eigenvalue weighted by molar-refractivity contribution is -0.153. The molecule has 6 nitrogen and oxygen atoms in total. The molecular formula is C22H24F3IN4O2. The van der Waals surface area contributed by atoms with Crippen LogP contribution in [-0.4, -0.2) is 30.3 Å². The summed E-state index contributed by atoms with van der Waals surface area (Å²) in [6, 6.07) is 16.0. The van der Waals surface area contributed by atoms with Crippen molar-refractivity contribution in [3.63, 3.8) is 0 Å². The lowest BCUT2D eigenvalue weighted by Crippen LogP contribution is -2.36. The van der Waals surface area contributed by atoms with Crippen LogP contribution < -0.4 is 15.4 Å². The number of benzene rings is 2. The highest BCUT2D eigenvalue weighted by Gasteiger charge is 2.28. The number of guanidine groups is 1. The van der Waals surface area contributed by atoms with Gasteiger partial charge in [0.2, 0.25) is 5.89 Å². The Morgan fingerprint density at radius 1 is 1.06 bits per heavy atom. The molecule has 0 aliphatic rings. The standard InChI is InChI=1S/C22H23F3N4O2.HI/c1-2-26-21(27-12-16-8-10-19(11-9-16)31-15-22(23,24)25)28-13-18-14-30-20(29-18)17-6-4-3-5-7-17;/h3-11,14H,2,12-13,15H2,1H3,(H2,26,27,28);1H. The molecule has 0 saturated heterocycles. The Morgan fingerprint density at radius 2 is 1.78 bits per heavy atom. The van der Waals surface area contributed by atoms with E-state index < -0.39 is 12.8 Å². The maximum absolute atomic E-state index is 12.2. The number of hydrogen-bond donors (Lipinski definition) is 2. The Hall–Kier alpha value is -2.76. The number of nitrogens with one attached hydrogen (secondary N) is 2. The summed E-state index contributed by atoms with van der Waals surface area (Å²) in [5, 5.41) is 6.33. The average molecular weight is 560 g/mol. The number of halogens is 4. The number of rotatable bonds is 8. The summed E-state index contributed by atoms with van der Waals surface area (Å²) in [7, 11) is 0. The van der Waals surface area contributed by atoms with Crippen molar-refractivity contribution in [1.82, 2.24) is 15.6 Å². The van der Waals surface area contributed by atoms with Gasteiger partial charge in [-0.1, -0.05) is 30.3 Å². The summed E-state index contributed by atoms with van der Waals surface area (Å²) in [5.74, 6) is 1.30. The molecule has 32 heavy (non-hydrogen) atoms. The van der Waals surface area contributed by atoms with Crippen LogP contribution in [0, 0.1) is 0 Å². The summed E-state index contributed by atoms with van der Waals surface area (Å²) in [5.41, 5.74) is 2.47. The largest absolute Gasteiger partial charge is 0.484 e. The van der Waals surface area contributed by atoms with Gasteiger partial charge >= 0.3 is 6.18 Å². The summed E-state index contributed by atoms with van der Waals surface area (Å²) in [6.45, 7) is 2.08. The van der Waals surface area contributed by atoms with E-state index in [1.807, 2.05) is 37.3 Å². The minimum Gasteiger partial charge on any atom is -0.484 e. The Bertz CT molecular complexity index is 977. The average Bonchev–Trinajstić information content (AvgIpc) is 3.24. The molecule has 0 spiro atoms. The molecule has 3 aromatic rings. The van der Waals surface area contributed by atoms with Crippen LogP contribution in [0.3, 0.4) is 0 Å². The third-order valence-corrected chi connectivity index (χ3v) is 4.10. The molecule has 0 aliphatic carbocycles. The van der Waals surface area contributed by atoms with Crippen molar-refractivity contribution in [2.75, 3.05) is 13.2 Å². The van der Waals surface area contributed by atoms with Gasteiger partial charge in [0.05, 0.1) is 18.8 Å². The van der Waals surface area contributed by atoms with E-state index in [1.165, 1.54) is 12.1 Å². The molecule has 0 aliphatic heterocycles. The molecule has 0 bridgehead atoms. The third kappa shape index (κ3) is 8.40. The fourth-order valence-electron chi connectivity index (χ4n) is 2.64. The van der Waals surface area contributed by atoms with Crippen molar-refractivity contribution in [3.8, 4) is 17.2 Å².